The van der Waals surface area contributed by atoms with E-state index in [1.54, 1.807) is 19.1 Å². The van der Waals surface area contributed by atoms with E-state index in [1.165, 1.54) is 6.07 Å². The molecule has 0 saturated heterocycles. The number of nitrogens with zero attached hydrogens (tertiary/aromatic N) is 1. The second-order valence-electron chi connectivity index (χ2n) is 5.85. The minimum absolute atomic E-state index is 0.113. The Morgan fingerprint density at radius 3 is 2.40 bits per heavy atom. The minimum Gasteiger partial charge on any atom is -0.448 e. The first-order valence-corrected chi connectivity index (χ1v) is 8.39. The number of benzene rings is 2. The van der Waals surface area contributed by atoms with Gasteiger partial charge < -0.3 is 14.6 Å². The molecule has 0 aliphatic heterocycles. The number of carbonyl (C=O) groups excluding carboxylic acids is 1. The monoisotopic (exact) mass is 340 g/mol. The number of halogens is 1. The second kappa shape index (κ2) is 6.97. The third-order valence-electron chi connectivity index (χ3n) is 4.38. The van der Waals surface area contributed by atoms with Crippen LogP contribution in [0.15, 0.2) is 46.9 Å². The molecule has 1 N–H and O–H groups in total. The van der Waals surface area contributed by atoms with Crippen LogP contribution in [0.2, 0.25) is 0 Å². The summed E-state index contributed by atoms with van der Waals surface area (Å²) >= 11 is 0. The number of hydrogen-bond donors (Lipinski definition) is 1. The third-order valence-corrected chi connectivity index (χ3v) is 4.38. The number of hydrogen-bond acceptors (Lipinski definition) is 3. The van der Waals surface area contributed by atoms with E-state index in [0.717, 1.165) is 18.8 Å². The van der Waals surface area contributed by atoms with Crippen LogP contribution in [0.5, 0.6) is 0 Å². The number of fused-ring (bicyclic) bond motifs is 1. The third kappa shape index (κ3) is 3.22. The number of aryl methyl sites for hydroxylation is 1. The molecular formula is C20H21FN2O2. The molecule has 3 rings (SSSR count). The van der Waals surface area contributed by atoms with Crippen LogP contribution in [0.4, 0.5) is 15.8 Å². The molecule has 5 heteroatoms. The van der Waals surface area contributed by atoms with Gasteiger partial charge in [-0.15, -0.1) is 0 Å². The van der Waals surface area contributed by atoms with Gasteiger partial charge in [0, 0.05) is 35.4 Å². The Bertz CT molecular complexity index is 896. The molecule has 1 amide bonds. The molecule has 25 heavy (non-hydrogen) atoms. The normalized spacial score (nSPS) is 10.9. The molecule has 0 saturated carbocycles. The fraction of sp³-hybridized carbons (Fsp3) is 0.250. The Morgan fingerprint density at radius 2 is 1.80 bits per heavy atom. The number of rotatable bonds is 5. The van der Waals surface area contributed by atoms with Gasteiger partial charge in [0.1, 0.15) is 0 Å². The van der Waals surface area contributed by atoms with Crippen molar-refractivity contribution in [2.75, 3.05) is 23.3 Å². The molecule has 0 bridgehead atoms. The Balaban J connectivity index is 1.83. The van der Waals surface area contributed by atoms with E-state index < -0.39 is 5.82 Å². The summed E-state index contributed by atoms with van der Waals surface area (Å²) < 4.78 is 19.3. The van der Waals surface area contributed by atoms with Crippen LogP contribution in [0, 0.1) is 12.7 Å². The van der Waals surface area contributed by atoms with Crippen LogP contribution in [-0.2, 0) is 0 Å². The fourth-order valence-electron chi connectivity index (χ4n) is 2.96. The number of para-hydroxylation sites is 1. The molecule has 1 aromatic heterocycles. The van der Waals surface area contributed by atoms with E-state index in [0.29, 0.717) is 16.6 Å². The molecule has 0 aliphatic rings. The fourth-order valence-corrected chi connectivity index (χ4v) is 2.96. The van der Waals surface area contributed by atoms with Crippen molar-refractivity contribution in [3.05, 3.63) is 59.6 Å². The van der Waals surface area contributed by atoms with Gasteiger partial charge in [-0.05, 0) is 51.1 Å². The maximum absolute atomic E-state index is 13.8. The predicted molar refractivity (Wildman–Crippen MR) is 98.9 cm³/mol. The molecule has 0 atom stereocenters. The lowest BCUT2D eigenvalue weighted by Gasteiger charge is -2.21. The molecular weight excluding hydrogens is 319 g/mol. The van der Waals surface area contributed by atoms with Crippen molar-refractivity contribution in [1.82, 2.24) is 0 Å². The van der Waals surface area contributed by atoms with E-state index in [2.05, 4.69) is 24.1 Å². The molecule has 1 heterocycles. The summed E-state index contributed by atoms with van der Waals surface area (Å²) in [4.78, 5) is 14.7. The Kier molecular flexibility index (Phi) is 4.74. The molecule has 0 spiro atoms. The van der Waals surface area contributed by atoms with Crippen molar-refractivity contribution in [2.45, 2.75) is 20.8 Å². The highest BCUT2D eigenvalue weighted by Gasteiger charge is 2.19. The lowest BCUT2D eigenvalue weighted by Crippen LogP contribution is -2.21. The SMILES string of the molecule is CCN(CC)c1ccc(NC(=O)c2oc3c(F)cccc3c2C)cc1. The predicted octanol–water partition coefficient (Wildman–Crippen LogP) is 4.98. The van der Waals surface area contributed by atoms with Crippen LogP contribution >= 0.6 is 0 Å². The van der Waals surface area contributed by atoms with Crippen LogP contribution in [0.3, 0.4) is 0 Å². The largest absolute Gasteiger partial charge is 0.448 e. The number of furan rings is 1. The highest BCUT2D eigenvalue weighted by molar-refractivity contribution is 6.06. The zero-order chi connectivity index (χ0) is 18.0. The lowest BCUT2D eigenvalue weighted by molar-refractivity contribution is 0.0997. The average molecular weight is 340 g/mol. The topological polar surface area (TPSA) is 45.5 Å². The molecule has 0 unspecified atom stereocenters. The summed E-state index contributed by atoms with van der Waals surface area (Å²) in [6, 6.07) is 12.3. The summed E-state index contributed by atoms with van der Waals surface area (Å²) in [5.74, 6) is -0.722. The molecule has 2 aromatic carbocycles. The van der Waals surface area contributed by atoms with E-state index >= 15 is 0 Å². The molecule has 0 radical (unpaired) electrons. The molecule has 3 aromatic rings. The molecule has 0 fully saturated rings. The molecule has 0 aliphatic carbocycles. The van der Waals surface area contributed by atoms with Gasteiger partial charge in [-0.3, -0.25) is 4.79 Å². The van der Waals surface area contributed by atoms with Gasteiger partial charge in [-0.1, -0.05) is 12.1 Å². The van der Waals surface area contributed by atoms with E-state index in [1.807, 2.05) is 24.3 Å². The number of amides is 1. The zero-order valence-corrected chi connectivity index (χ0v) is 14.6. The first-order chi connectivity index (χ1) is 12.0. The van der Waals surface area contributed by atoms with Gasteiger partial charge in [0.2, 0.25) is 0 Å². The minimum atomic E-state index is -0.469. The van der Waals surface area contributed by atoms with E-state index in [4.69, 9.17) is 4.42 Å². The Labute approximate surface area is 146 Å². The standard InChI is InChI=1S/C20H21FN2O2/c1-4-23(5-2)15-11-9-14(10-12-15)22-20(24)18-13(3)16-7-6-8-17(21)19(16)25-18/h6-12H,4-5H2,1-3H3,(H,22,24). The summed E-state index contributed by atoms with van der Waals surface area (Å²) in [7, 11) is 0. The van der Waals surface area contributed by atoms with Crippen LogP contribution in [0.25, 0.3) is 11.0 Å². The second-order valence-corrected chi connectivity index (χ2v) is 5.85. The first kappa shape index (κ1) is 17.0. The smallest absolute Gasteiger partial charge is 0.291 e. The average Bonchev–Trinajstić information content (AvgIpc) is 2.96. The van der Waals surface area contributed by atoms with Crippen molar-refractivity contribution in [1.29, 1.82) is 0 Å². The summed E-state index contributed by atoms with van der Waals surface area (Å²) in [6.07, 6.45) is 0. The van der Waals surface area contributed by atoms with Crippen molar-refractivity contribution in [3.8, 4) is 0 Å². The van der Waals surface area contributed by atoms with Crippen LogP contribution in [0.1, 0.15) is 30.0 Å². The molecule has 4 nitrogen and oxygen atoms in total. The molecule has 130 valence electrons. The number of nitrogens with one attached hydrogen (secondary N) is 1. The Morgan fingerprint density at radius 1 is 1.12 bits per heavy atom. The quantitative estimate of drug-likeness (QED) is 0.712. The van der Waals surface area contributed by atoms with Crippen LogP contribution < -0.4 is 10.2 Å². The van der Waals surface area contributed by atoms with Gasteiger partial charge >= 0.3 is 0 Å². The highest BCUT2D eigenvalue weighted by atomic mass is 19.1. The Hall–Kier alpha value is -2.82. The number of anilines is 2. The zero-order valence-electron chi connectivity index (χ0n) is 14.6. The maximum atomic E-state index is 13.8. The summed E-state index contributed by atoms with van der Waals surface area (Å²) in [5, 5.41) is 3.42. The maximum Gasteiger partial charge on any atom is 0.291 e. The van der Waals surface area contributed by atoms with E-state index in [-0.39, 0.29) is 17.3 Å². The van der Waals surface area contributed by atoms with Gasteiger partial charge in [-0.2, -0.15) is 0 Å². The van der Waals surface area contributed by atoms with Gasteiger partial charge in [0.25, 0.3) is 5.91 Å². The van der Waals surface area contributed by atoms with Crippen molar-refractivity contribution in [2.24, 2.45) is 0 Å². The van der Waals surface area contributed by atoms with Crippen molar-refractivity contribution >= 4 is 28.3 Å². The van der Waals surface area contributed by atoms with Crippen LogP contribution in [-0.4, -0.2) is 19.0 Å². The lowest BCUT2D eigenvalue weighted by atomic mass is 10.1. The van der Waals surface area contributed by atoms with E-state index in [9.17, 15) is 9.18 Å². The summed E-state index contributed by atoms with van der Waals surface area (Å²) in [6.45, 7) is 7.80. The van der Waals surface area contributed by atoms with Gasteiger partial charge in [0.15, 0.2) is 17.2 Å². The first-order valence-electron chi connectivity index (χ1n) is 8.39. The summed E-state index contributed by atoms with van der Waals surface area (Å²) in [5.41, 5.74) is 2.51. The van der Waals surface area contributed by atoms with Gasteiger partial charge in [0.05, 0.1) is 0 Å². The van der Waals surface area contributed by atoms with Crippen molar-refractivity contribution < 1.29 is 13.6 Å². The van der Waals surface area contributed by atoms with Gasteiger partial charge in [-0.25, -0.2) is 4.39 Å². The number of carbonyl (C=O) groups is 1. The van der Waals surface area contributed by atoms with Crippen molar-refractivity contribution in [3.63, 3.8) is 0 Å². The highest BCUT2D eigenvalue weighted by Crippen LogP contribution is 2.28.